The standard InChI is InChI=1S/C19H16BrN3O3S/c20-14-5-4-13-10-19(18(25)26,7-6-11(13)8-14)21-16(24)9-12-2-1-3-15-17(12)23-27-22-15/h1-5,8H,6-7,9-10H2,(H,21,24)(H,25,26). The number of hydrogen-bond acceptors (Lipinski definition) is 5. The summed E-state index contributed by atoms with van der Waals surface area (Å²) in [5.41, 5.74) is 2.98. The van der Waals surface area contributed by atoms with Gasteiger partial charge in [-0.15, -0.1) is 0 Å². The molecular weight excluding hydrogens is 430 g/mol. The van der Waals surface area contributed by atoms with Gasteiger partial charge in [0.1, 0.15) is 16.6 Å². The molecule has 1 aliphatic carbocycles. The number of aliphatic carboxylic acids is 1. The maximum Gasteiger partial charge on any atom is 0.329 e. The third kappa shape index (κ3) is 3.46. The van der Waals surface area contributed by atoms with Crippen molar-refractivity contribution in [3.8, 4) is 0 Å². The summed E-state index contributed by atoms with van der Waals surface area (Å²) in [5.74, 6) is -1.32. The van der Waals surface area contributed by atoms with Crippen LogP contribution in [0.2, 0.25) is 0 Å². The Labute approximate surface area is 168 Å². The van der Waals surface area contributed by atoms with E-state index in [1.807, 2.05) is 36.4 Å². The van der Waals surface area contributed by atoms with Gasteiger partial charge in [0.15, 0.2) is 0 Å². The molecule has 1 atom stereocenters. The van der Waals surface area contributed by atoms with E-state index in [9.17, 15) is 14.7 Å². The van der Waals surface area contributed by atoms with Gasteiger partial charge in [0, 0.05) is 10.9 Å². The van der Waals surface area contributed by atoms with Crippen molar-refractivity contribution in [2.24, 2.45) is 0 Å². The number of carboxylic acids is 1. The van der Waals surface area contributed by atoms with E-state index in [0.29, 0.717) is 18.4 Å². The molecule has 0 fully saturated rings. The van der Waals surface area contributed by atoms with Crippen molar-refractivity contribution in [2.45, 2.75) is 31.2 Å². The highest BCUT2D eigenvalue weighted by Gasteiger charge is 2.42. The number of rotatable bonds is 4. The first-order chi connectivity index (χ1) is 13.0. The summed E-state index contributed by atoms with van der Waals surface area (Å²) in [7, 11) is 0. The number of nitrogens with one attached hydrogen (secondary N) is 1. The first kappa shape index (κ1) is 18.1. The monoisotopic (exact) mass is 445 g/mol. The van der Waals surface area contributed by atoms with Crippen LogP contribution in [-0.4, -0.2) is 31.3 Å². The Hall–Kier alpha value is -2.32. The first-order valence-electron chi connectivity index (χ1n) is 8.49. The molecule has 138 valence electrons. The molecule has 0 aliphatic heterocycles. The van der Waals surface area contributed by atoms with E-state index in [2.05, 4.69) is 30.0 Å². The van der Waals surface area contributed by atoms with Crippen LogP contribution in [0, 0.1) is 0 Å². The molecule has 0 spiro atoms. The molecule has 1 amide bonds. The molecule has 0 saturated carbocycles. The second-order valence-corrected chi connectivity index (χ2v) is 8.20. The lowest BCUT2D eigenvalue weighted by molar-refractivity contribution is -0.148. The molecule has 0 bridgehead atoms. The van der Waals surface area contributed by atoms with E-state index in [-0.39, 0.29) is 18.7 Å². The zero-order valence-electron chi connectivity index (χ0n) is 14.2. The number of amides is 1. The summed E-state index contributed by atoms with van der Waals surface area (Å²) in [5, 5.41) is 12.7. The van der Waals surface area contributed by atoms with Crippen molar-refractivity contribution >= 4 is 50.6 Å². The number of carbonyl (C=O) groups is 2. The average Bonchev–Trinajstić information content (AvgIpc) is 3.11. The number of hydrogen-bond donors (Lipinski definition) is 2. The van der Waals surface area contributed by atoms with Crippen LogP contribution < -0.4 is 5.32 Å². The number of benzene rings is 2. The minimum atomic E-state index is -1.29. The molecular formula is C19H16BrN3O3S. The summed E-state index contributed by atoms with van der Waals surface area (Å²) in [6.45, 7) is 0. The smallest absolute Gasteiger partial charge is 0.329 e. The Morgan fingerprint density at radius 1 is 1.22 bits per heavy atom. The first-order valence-corrected chi connectivity index (χ1v) is 10.0. The van der Waals surface area contributed by atoms with Gasteiger partial charge >= 0.3 is 5.97 Å². The summed E-state index contributed by atoms with van der Waals surface area (Å²) in [4.78, 5) is 24.8. The van der Waals surface area contributed by atoms with E-state index in [1.54, 1.807) is 0 Å². The molecule has 2 N–H and O–H groups in total. The molecule has 8 heteroatoms. The number of halogens is 1. The second kappa shape index (κ2) is 7.01. The maximum absolute atomic E-state index is 12.7. The molecule has 0 saturated heterocycles. The number of aromatic nitrogens is 2. The Bertz CT molecular complexity index is 1050. The predicted octanol–water partition coefficient (Wildman–Crippen LogP) is 3.12. The lowest BCUT2D eigenvalue weighted by Gasteiger charge is -2.35. The molecule has 1 aromatic heterocycles. The van der Waals surface area contributed by atoms with Crippen LogP contribution in [0.1, 0.15) is 23.1 Å². The highest BCUT2D eigenvalue weighted by atomic mass is 79.9. The maximum atomic E-state index is 12.7. The van der Waals surface area contributed by atoms with Crippen LogP contribution in [0.5, 0.6) is 0 Å². The zero-order valence-corrected chi connectivity index (χ0v) is 16.6. The third-order valence-corrected chi connectivity index (χ3v) is 6.03. The van der Waals surface area contributed by atoms with Crippen LogP contribution in [-0.2, 0) is 28.9 Å². The van der Waals surface area contributed by atoms with Crippen LogP contribution >= 0.6 is 27.7 Å². The lowest BCUT2D eigenvalue weighted by atomic mass is 9.77. The summed E-state index contributed by atoms with van der Waals surface area (Å²) < 4.78 is 9.39. The van der Waals surface area contributed by atoms with Gasteiger partial charge in [0.25, 0.3) is 0 Å². The Kier molecular flexibility index (Phi) is 4.69. The van der Waals surface area contributed by atoms with E-state index >= 15 is 0 Å². The predicted molar refractivity (Wildman–Crippen MR) is 106 cm³/mol. The molecule has 0 radical (unpaired) electrons. The largest absolute Gasteiger partial charge is 0.479 e. The Morgan fingerprint density at radius 2 is 2.07 bits per heavy atom. The summed E-state index contributed by atoms with van der Waals surface area (Å²) in [6, 6.07) is 11.3. The van der Waals surface area contributed by atoms with Crippen molar-refractivity contribution < 1.29 is 14.7 Å². The molecule has 2 aromatic carbocycles. The van der Waals surface area contributed by atoms with Gasteiger partial charge in [-0.05, 0) is 47.7 Å². The number of nitrogens with zero attached hydrogens (tertiary/aromatic N) is 2. The average molecular weight is 446 g/mol. The molecule has 1 unspecified atom stereocenters. The van der Waals surface area contributed by atoms with Crippen molar-refractivity contribution in [1.82, 2.24) is 14.1 Å². The van der Waals surface area contributed by atoms with Crippen molar-refractivity contribution in [2.75, 3.05) is 0 Å². The van der Waals surface area contributed by atoms with Gasteiger partial charge in [0.2, 0.25) is 5.91 Å². The van der Waals surface area contributed by atoms with Crippen molar-refractivity contribution in [3.05, 3.63) is 57.6 Å². The van der Waals surface area contributed by atoms with E-state index in [4.69, 9.17) is 0 Å². The molecule has 27 heavy (non-hydrogen) atoms. The number of carboxylic acid groups (broad SMARTS) is 1. The van der Waals surface area contributed by atoms with E-state index < -0.39 is 11.5 Å². The fourth-order valence-electron chi connectivity index (χ4n) is 3.59. The third-order valence-electron chi connectivity index (χ3n) is 4.99. The minimum absolute atomic E-state index is 0.0744. The number of fused-ring (bicyclic) bond motifs is 2. The molecule has 1 aliphatic rings. The fraction of sp³-hybridized carbons (Fsp3) is 0.263. The van der Waals surface area contributed by atoms with Gasteiger partial charge in [-0.2, -0.15) is 8.75 Å². The van der Waals surface area contributed by atoms with E-state index in [0.717, 1.165) is 38.4 Å². The van der Waals surface area contributed by atoms with Crippen LogP contribution in [0.25, 0.3) is 11.0 Å². The Balaban J connectivity index is 1.57. The van der Waals surface area contributed by atoms with Crippen LogP contribution in [0.3, 0.4) is 0 Å². The summed E-state index contributed by atoms with van der Waals surface area (Å²) in [6.07, 6.45) is 1.32. The molecule has 3 aromatic rings. The molecule has 4 rings (SSSR count). The highest BCUT2D eigenvalue weighted by molar-refractivity contribution is 9.10. The van der Waals surface area contributed by atoms with Crippen LogP contribution in [0.4, 0.5) is 0 Å². The highest BCUT2D eigenvalue weighted by Crippen LogP contribution is 2.31. The topological polar surface area (TPSA) is 92.2 Å². The van der Waals surface area contributed by atoms with Gasteiger partial charge < -0.3 is 10.4 Å². The number of aryl methyl sites for hydroxylation is 1. The van der Waals surface area contributed by atoms with Crippen molar-refractivity contribution in [1.29, 1.82) is 0 Å². The summed E-state index contributed by atoms with van der Waals surface area (Å²) >= 11 is 4.54. The van der Waals surface area contributed by atoms with Crippen molar-refractivity contribution in [3.63, 3.8) is 0 Å². The van der Waals surface area contributed by atoms with Gasteiger partial charge in [0.05, 0.1) is 18.1 Å². The molecule has 1 heterocycles. The lowest BCUT2D eigenvalue weighted by Crippen LogP contribution is -2.58. The normalized spacial score (nSPS) is 18.9. The minimum Gasteiger partial charge on any atom is -0.479 e. The quantitative estimate of drug-likeness (QED) is 0.643. The zero-order chi connectivity index (χ0) is 19.0. The van der Waals surface area contributed by atoms with Gasteiger partial charge in [-0.3, -0.25) is 4.79 Å². The fourth-order valence-corrected chi connectivity index (χ4v) is 4.57. The van der Waals surface area contributed by atoms with E-state index in [1.165, 1.54) is 0 Å². The second-order valence-electron chi connectivity index (χ2n) is 6.75. The van der Waals surface area contributed by atoms with Gasteiger partial charge in [-0.1, -0.05) is 34.1 Å². The SMILES string of the molecule is O=C(Cc1cccc2nsnc12)NC1(C(=O)O)CCc2cc(Br)ccc2C1. The number of carbonyl (C=O) groups excluding carboxylic acids is 1. The Morgan fingerprint density at radius 3 is 2.89 bits per heavy atom. The van der Waals surface area contributed by atoms with Gasteiger partial charge in [-0.25, -0.2) is 4.79 Å². The molecule has 6 nitrogen and oxygen atoms in total. The van der Waals surface area contributed by atoms with Crippen LogP contribution in [0.15, 0.2) is 40.9 Å².